The highest BCUT2D eigenvalue weighted by molar-refractivity contribution is 5.78. The van der Waals surface area contributed by atoms with E-state index < -0.39 is 0 Å². The lowest BCUT2D eigenvalue weighted by Gasteiger charge is -2.40. The number of nitriles is 2. The maximum absolute atomic E-state index is 11.5. The number of nitrogens with two attached hydrogens (primary N) is 2. The van der Waals surface area contributed by atoms with Crippen LogP contribution in [-0.2, 0) is 9.59 Å². The van der Waals surface area contributed by atoms with Gasteiger partial charge in [0.25, 0.3) is 0 Å². The first kappa shape index (κ1) is 29.0. The molecule has 0 aromatic rings. The largest absolute Gasteiger partial charge is 0.341 e. The lowest BCUT2D eigenvalue weighted by Crippen LogP contribution is -2.49. The van der Waals surface area contributed by atoms with Gasteiger partial charge in [-0.05, 0) is 71.6 Å². The molecule has 0 spiro atoms. The molecule has 0 atom stereocenters. The molecule has 4 N–H and O–H groups in total. The predicted molar refractivity (Wildman–Crippen MR) is 135 cm³/mol. The van der Waals surface area contributed by atoms with Crippen LogP contribution in [-0.4, -0.2) is 109 Å². The van der Waals surface area contributed by atoms with E-state index >= 15 is 0 Å². The molecule has 3 rings (SSSR count). The maximum Gasteiger partial charge on any atom is 0.236 e. The van der Waals surface area contributed by atoms with Crippen molar-refractivity contribution in [2.24, 2.45) is 17.4 Å². The zero-order valence-corrected chi connectivity index (χ0v) is 21.4. The number of piperidine rings is 3. The van der Waals surface area contributed by atoms with E-state index in [-0.39, 0.29) is 30.8 Å². The van der Waals surface area contributed by atoms with Gasteiger partial charge in [0, 0.05) is 50.6 Å². The molecule has 0 unspecified atom stereocenters. The van der Waals surface area contributed by atoms with Crippen molar-refractivity contribution in [3.63, 3.8) is 0 Å². The first-order valence-electron chi connectivity index (χ1n) is 13.1. The Balaban J connectivity index is 0.000000247. The zero-order valence-electron chi connectivity index (χ0n) is 21.4. The Morgan fingerprint density at radius 3 is 1.83 bits per heavy atom. The molecular weight excluding hydrogens is 444 g/mol. The molecule has 0 aromatic heterocycles. The van der Waals surface area contributed by atoms with Crippen molar-refractivity contribution in [1.82, 2.24) is 19.6 Å². The van der Waals surface area contributed by atoms with Gasteiger partial charge in [-0.15, -0.1) is 0 Å². The topological polar surface area (TPSA) is 147 Å². The average molecular weight is 489 g/mol. The second-order valence-corrected chi connectivity index (χ2v) is 9.81. The standard InChI is InChI=1S/C13H22N4O.C12H22N4O/c14-9-11-1-5-16(6-2-11)12-3-7-17(8-4-12)13(18)10-15;1-15(7-3-2-6-13)11-4-8-16(9-5-11)12(17)10-14/h11-12H,1-8,10,15H2;11H,2-5,7-10,14H2,1H3. The molecule has 10 heteroatoms. The van der Waals surface area contributed by atoms with Crippen molar-refractivity contribution in [3.05, 3.63) is 0 Å². The summed E-state index contributed by atoms with van der Waals surface area (Å²) < 4.78 is 0. The lowest BCUT2D eigenvalue weighted by molar-refractivity contribution is -0.132. The predicted octanol–water partition coefficient (Wildman–Crippen LogP) is 0.343. The number of likely N-dealkylation sites (tertiary alicyclic amines) is 3. The number of carbonyl (C=O) groups excluding carboxylic acids is 2. The lowest BCUT2D eigenvalue weighted by atomic mass is 9.94. The van der Waals surface area contributed by atoms with E-state index in [2.05, 4.69) is 29.0 Å². The summed E-state index contributed by atoms with van der Waals surface area (Å²) in [4.78, 5) is 31.4. The fraction of sp³-hybridized carbons (Fsp3) is 0.840. The number of hydrogen-bond acceptors (Lipinski definition) is 8. The fourth-order valence-electron chi connectivity index (χ4n) is 5.28. The van der Waals surface area contributed by atoms with E-state index in [1.54, 1.807) is 0 Å². The van der Waals surface area contributed by atoms with Crippen LogP contribution < -0.4 is 11.5 Å². The van der Waals surface area contributed by atoms with Crippen LogP contribution in [0.25, 0.3) is 0 Å². The van der Waals surface area contributed by atoms with Gasteiger partial charge < -0.3 is 31.1 Å². The summed E-state index contributed by atoms with van der Waals surface area (Å²) >= 11 is 0. The Labute approximate surface area is 210 Å². The van der Waals surface area contributed by atoms with Crippen molar-refractivity contribution >= 4 is 11.8 Å². The minimum absolute atomic E-state index is 0.0515. The third kappa shape index (κ3) is 9.38. The summed E-state index contributed by atoms with van der Waals surface area (Å²) in [6.45, 7) is 6.55. The van der Waals surface area contributed by atoms with E-state index in [1.807, 2.05) is 9.80 Å². The molecule has 0 aliphatic carbocycles. The van der Waals surface area contributed by atoms with Gasteiger partial charge in [0.15, 0.2) is 0 Å². The highest BCUT2D eigenvalue weighted by Crippen LogP contribution is 2.23. The van der Waals surface area contributed by atoms with Crippen LogP contribution in [0.2, 0.25) is 0 Å². The molecule has 0 bridgehead atoms. The van der Waals surface area contributed by atoms with E-state index in [0.717, 1.165) is 90.8 Å². The molecule has 35 heavy (non-hydrogen) atoms. The minimum Gasteiger partial charge on any atom is -0.341 e. The molecule has 3 fully saturated rings. The van der Waals surface area contributed by atoms with Gasteiger partial charge >= 0.3 is 0 Å². The summed E-state index contributed by atoms with van der Waals surface area (Å²) in [7, 11) is 2.10. The SMILES string of the molecule is CN(CCCC#N)C1CCN(C(=O)CN)CC1.N#CC1CCN(C2CCN(C(=O)CN)CC2)CC1. The summed E-state index contributed by atoms with van der Waals surface area (Å²) in [6, 6.07) is 5.65. The second kappa shape index (κ2) is 15.7. The Kier molecular flexibility index (Phi) is 13.0. The molecule has 3 aliphatic rings. The molecule has 3 heterocycles. The highest BCUT2D eigenvalue weighted by Gasteiger charge is 2.29. The van der Waals surface area contributed by atoms with Gasteiger partial charge in [0.2, 0.25) is 11.8 Å². The number of hydrogen-bond donors (Lipinski definition) is 2. The van der Waals surface area contributed by atoms with Crippen molar-refractivity contribution < 1.29 is 9.59 Å². The molecule has 0 aromatic carbocycles. The van der Waals surface area contributed by atoms with Crippen molar-refractivity contribution in [1.29, 1.82) is 10.5 Å². The van der Waals surface area contributed by atoms with Crippen LogP contribution in [0, 0.1) is 28.6 Å². The minimum atomic E-state index is 0.0515. The van der Waals surface area contributed by atoms with Crippen LogP contribution in [0.1, 0.15) is 51.4 Å². The number of nitrogens with zero attached hydrogens (tertiary/aromatic N) is 6. The molecule has 2 amide bonds. The summed E-state index contributed by atoms with van der Waals surface area (Å²) in [5.41, 5.74) is 10.7. The summed E-state index contributed by atoms with van der Waals surface area (Å²) in [6.07, 6.45) is 7.65. The van der Waals surface area contributed by atoms with Gasteiger partial charge in [-0.2, -0.15) is 10.5 Å². The molecule has 0 saturated carbocycles. The van der Waals surface area contributed by atoms with Crippen molar-refractivity contribution in [2.75, 3.05) is 66.0 Å². The quantitative estimate of drug-likeness (QED) is 0.488. The first-order chi connectivity index (χ1) is 16.9. The smallest absolute Gasteiger partial charge is 0.236 e. The molecule has 3 saturated heterocycles. The Bertz CT molecular complexity index is 725. The Morgan fingerprint density at radius 2 is 1.37 bits per heavy atom. The number of carbonyl (C=O) groups is 2. The van der Waals surface area contributed by atoms with Gasteiger partial charge in [-0.25, -0.2) is 0 Å². The number of rotatable bonds is 7. The van der Waals surface area contributed by atoms with Gasteiger partial charge in [-0.1, -0.05) is 0 Å². The monoisotopic (exact) mass is 488 g/mol. The van der Waals surface area contributed by atoms with E-state index in [1.165, 1.54) is 0 Å². The Hall–Kier alpha value is -2.24. The van der Waals surface area contributed by atoms with Crippen molar-refractivity contribution in [3.8, 4) is 12.1 Å². The van der Waals surface area contributed by atoms with Gasteiger partial charge in [0.1, 0.15) is 0 Å². The van der Waals surface area contributed by atoms with Gasteiger partial charge in [0.05, 0.1) is 25.2 Å². The normalized spacial score (nSPS) is 20.6. The van der Waals surface area contributed by atoms with E-state index in [9.17, 15) is 9.59 Å². The van der Waals surface area contributed by atoms with Crippen LogP contribution in [0.5, 0.6) is 0 Å². The third-order valence-corrected chi connectivity index (χ3v) is 7.63. The number of amides is 2. The van der Waals surface area contributed by atoms with E-state index in [0.29, 0.717) is 18.5 Å². The fourth-order valence-corrected chi connectivity index (χ4v) is 5.28. The molecule has 3 aliphatic heterocycles. The van der Waals surface area contributed by atoms with Crippen LogP contribution >= 0.6 is 0 Å². The molecule has 0 radical (unpaired) electrons. The van der Waals surface area contributed by atoms with Crippen LogP contribution in [0.3, 0.4) is 0 Å². The van der Waals surface area contributed by atoms with E-state index in [4.69, 9.17) is 22.0 Å². The second-order valence-electron chi connectivity index (χ2n) is 9.81. The molecular formula is C25H44N8O2. The zero-order chi connectivity index (χ0) is 25.6. The average Bonchev–Trinajstić information content (AvgIpc) is 2.92. The summed E-state index contributed by atoms with van der Waals surface area (Å²) in [5.74, 6) is 0.368. The third-order valence-electron chi connectivity index (χ3n) is 7.63. The molecule has 10 nitrogen and oxygen atoms in total. The van der Waals surface area contributed by atoms with Crippen molar-refractivity contribution in [2.45, 2.75) is 63.5 Å². The number of unbranched alkanes of at least 4 members (excludes halogenated alkanes) is 1. The van der Waals surface area contributed by atoms with Crippen LogP contribution in [0.15, 0.2) is 0 Å². The first-order valence-corrected chi connectivity index (χ1v) is 13.1. The summed E-state index contributed by atoms with van der Waals surface area (Å²) in [5, 5.41) is 17.4. The molecule has 196 valence electrons. The Morgan fingerprint density at radius 1 is 0.857 bits per heavy atom. The van der Waals surface area contributed by atoms with Gasteiger partial charge in [-0.3, -0.25) is 9.59 Å². The van der Waals surface area contributed by atoms with Crippen LogP contribution in [0.4, 0.5) is 0 Å². The highest BCUT2D eigenvalue weighted by atomic mass is 16.2. The maximum atomic E-state index is 11.5.